The molecule has 0 aliphatic carbocycles. The Labute approximate surface area is 170 Å². The van der Waals surface area contributed by atoms with Crippen molar-refractivity contribution in [3.63, 3.8) is 0 Å². The molecule has 1 aromatic carbocycles. The Morgan fingerprint density at radius 1 is 1.04 bits per heavy atom. The third kappa shape index (κ3) is 3.85. The highest BCUT2D eigenvalue weighted by Crippen LogP contribution is 2.32. The highest BCUT2D eigenvalue weighted by molar-refractivity contribution is 7.97. The Morgan fingerprint density at radius 2 is 1.79 bits per heavy atom. The van der Waals surface area contributed by atoms with Gasteiger partial charge in [-0.15, -0.1) is 11.3 Å². The molecule has 3 heterocycles. The fourth-order valence-corrected chi connectivity index (χ4v) is 10.2. The molecule has 2 aromatic rings. The maximum absolute atomic E-state index is 13.1. The van der Waals surface area contributed by atoms with Gasteiger partial charge in [0.15, 0.2) is 19.7 Å². The summed E-state index contributed by atoms with van der Waals surface area (Å²) in [6.07, 6.45) is 0. The zero-order valence-electron chi connectivity index (χ0n) is 15.7. The van der Waals surface area contributed by atoms with Gasteiger partial charge in [-0.05, 0) is 36.1 Å². The Hall–Kier alpha value is -1.42. The van der Waals surface area contributed by atoms with Gasteiger partial charge in [0.1, 0.15) is 4.21 Å². The SMILES string of the molecule is Cc1cccc(N2CCN(C3CS(=O)(=O)CC3S(=O)(=O)c3cccs3)CC2)c1. The molecule has 0 radical (unpaired) electrons. The quantitative estimate of drug-likeness (QED) is 0.722. The lowest BCUT2D eigenvalue weighted by atomic mass is 10.1. The largest absolute Gasteiger partial charge is 0.369 e. The molecule has 2 unspecified atom stereocenters. The van der Waals surface area contributed by atoms with E-state index in [2.05, 4.69) is 34.9 Å². The molecule has 152 valence electrons. The van der Waals surface area contributed by atoms with Crippen molar-refractivity contribution >= 4 is 36.7 Å². The summed E-state index contributed by atoms with van der Waals surface area (Å²) in [6, 6.07) is 11.1. The standard InChI is InChI=1S/C19H24N2O4S3/c1-15-4-2-5-16(12-15)20-7-9-21(10-8-20)17-13-27(22,23)14-18(17)28(24,25)19-6-3-11-26-19/h2-6,11-12,17-18H,7-10,13-14H2,1H3. The Kier molecular flexibility index (Phi) is 5.28. The zero-order chi connectivity index (χ0) is 19.9. The van der Waals surface area contributed by atoms with E-state index in [1.165, 1.54) is 5.56 Å². The number of thiophene rings is 1. The second-order valence-corrected chi connectivity index (χ2v) is 13.0. The molecule has 0 N–H and O–H groups in total. The minimum atomic E-state index is -3.65. The number of hydrogen-bond donors (Lipinski definition) is 0. The number of benzene rings is 1. The third-order valence-corrected chi connectivity index (χ3v) is 11.1. The zero-order valence-corrected chi connectivity index (χ0v) is 18.1. The molecule has 6 nitrogen and oxygen atoms in total. The van der Waals surface area contributed by atoms with Crippen molar-refractivity contribution in [2.45, 2.75) is 22.4 Å². The normalized spacial score (nSPS) is 25.8. The van der Waals surface area contributed by atoms with Gasteiger partial charge in [-0.1, -0.05) is 18.2 Å². The molecule has 0 bridgehead atoms. The van der Waals surface area contributed by atoms with Crippen LogP contribution >= 0.6 is 11.3 Å². The van der Waals surface area contributed by atoms with Crippen molar-refractivity contribution in [3.05, 3.63) is 47.3 Å². The van der Waals surface area contributed by atoms with E-state index in [0.717, 1.165) is 30.1 Å². The summed E-state index contributed by atoms with van der Waals surface area (Å²) in [5.41, 5.74) is 2.35. The number of piperazine rings is 1. The number of nitrogens with zero attached hydrogens (tertiary/aromatic N) is 2. The lowest BCUT2D eigenvalue weighted by molar-refractivity contribution is 0.202. The maximum Gasteiger partial charge on any atom is 0.193 e. The van der Waals surface area contributed by atoms with E-state index in [9.17, 15) is 16.8 Å². The molecule has 2 aliphatic rings. The summed E-state index contributed by atoms with van der Waals surface area (Å²) in [5, 5.41) is 0.827. The molecule has 2 atom stereocenters. The smallest absolute Gasteiger partial charge is 0.193 e. The summed E-state index contributed by atoms with van der Waals surface area (Å²) < 4.78 is 51.1. The molecule has 9 heteroatoms. The highest BCUT2D eigenvalue weighted by atomic mass is 32.2. The van der Waals surface area contributed by atoms with Crippen LogP contribution in [-0.4, -0.2) is 70.7 Å². The molecule has 0 amide bonds. The van der Waals surface area contributed by atoms with E-state index in [1.807, 2.05) is 6.07 Å². The predicted octanol–water partition coefficient (Wildman–Crippen LogP) is 1.82. The van der Waals surface area contributed by atoms with E-state index in [-0.39, 0.29) is 15.7 Å². The molecular weight excluding hydrogens is 416 g/mol. The number of aryl methyl sites for hydroxylation is 1. The van der Waals surface area contributed by atoms with Crippen LogP contribution in [0.4, 0.5) is 5.69 Å². The topological polar surface area (TPSA) is 74.8 Å². The van der Waals surface area contributed by atoms with E-state index < -0.39 is 31.0 Å². The lowest BCUT2D eigenvalue weighted by Crippen LogP contribution is -2.54. The van der Waals surface area contributed by atoms with Crippen LogP contribution in [0.1, 0.15) is 5.56 Å². The third-order valence-electron chi connectivity index (χ3n) is 5.60. The van der Waals surface area contributed by atoms with Crippen LogP contribution < -0.4 is 4.90 Å². The van der Waals surface area contributed by atoms with Gasteiger partial charge in [0.25, 0.3) is 0 Å². The van der Waals surface area contributed by atoms with E-state index >= 15 is 0 Å². The van der Waals surface area contributed by atoms with Gasteiger partial charge < -0.3 is 4.90 Å². The van der Waals surface area contributed by atoms with Crippen molar-refractivity contribution < 1.29 is 16.8 Å². The maximum atomic E-state index is 13.1. The van der Waals surface area contributed by atoms with Crippen LogP contribution in [0, 0.1) is 6.92 Å². The average Bonchev–Trinajstić information content (AvgIpc) is 3.30. The van der Waals surface area contributed by atoms with Crippen LogP contribution in [0.3, 0.4) is 0 Å². The van der Waals surface area contributed by atoms with Gasteiger partial charge in [-0.25, -0.2) is 16.8 Å². The molecule has 0 saturated carbocycles. The van der Waals surface area contributed by atoms with Gasteiger partial charge in [-0.2, -0.15) is 0 Å². The minimum absolute atomic E-state index is 0.0767. The number of hydrogen-bond acceptors (Lipinski definition) is 7. The fraction of sp³-hybridized carbons (Fsp3) is 0.474. The average molecular weight is 441 g/mol. The Morgan fingerprint density at radius 3 is 2.43 bits per heavy atom. The van der Waals surface area contributed by atoms with Crippen LogP contribution in [0.25, 0.3) is 0 Å². The summed E-state index contributed by atoms with van der Waals surface area (Å²) >= 11 is 1.16. The molecular formula is C19H24N2O4S3. The first kappa shape index (κ1) is 19.9. The van der Waals surface area contributed by atoms with E-state index in [1.54, 1.807) is 17.5 Å². The van der Waals surface area contributed by atoms with E-state index in [4.69, 9.17) is 0 Å². The summed E-state index contributed by atoms with van der Waals surface area (Å²) in [4.78, 5) is 4.34. The second-order valence-electron chi connectivity index (χ2n) is 7.52. The van der Waals surface area contributed by atoms with Crippen molar-refractivity contribution in [1.29, 1.82) is 0 Å². The molecule has 4 rings (SSSR count). The van der Waals surface area contributed by atoms with Crippen molar-refractivity contribution in [2.24, 2.45) is 0 Å². The molecule has 2 aliphatic heterocycles. The summed E-state index contributed by atoms with van der Waals surface area (Å²) in [5.74, 6) is -0.358. The minimum Gasteiger partial charge on any atom is -0.369 e. The van der Waals surface area contributed by atoms with E-state index in [0.29, 0.717) is 13.1 Å². The predicted molar refractivity (Wildman–Crippen MR) is 113 cm³/mol. The molecule has 2 saturated heterocycles. The highest BCUT2D eigenvalue weighted by Gasteiger charge is 2.48. The Balaban J connectivity index is 1.53. The van der Waals surface area contributed by atoms with Crippen LogP contribution in [-0.2, 0) is 19.7 Å². The number of anilines is 1. The van der Waals surface area contributed by atoms with Crippen molar-refractivity contribution in [2.75, 3.05) is 42.6 Å². The summed E-state index contributed by atoms with van der Waals surface area (Å²) in [7, 11) is -7.02. The number of sulfone groups is 2. The van der Waals surface area contributed by atoms with Crippen LogP contribution in [0.5, 0.6) is 0 Å². The molecule has 28 heavy (non-hydrogen) atoms. The fourth-order valence-electron chi connectivity index (χ4n) is 4.14. The van der Waals surface area contributed by atoms with Gasteiger partial charge in [-0.3, -0.25) is 4.90 Å². The first-order chi connectivity index (χ1) is 13.3. The molecule has 1 aromatic heterocycles. The number of rotatable bonds is 4. The van der Waals surface area contributed by atoms with Gasteiger partial charge in [0.2, 0.25) is 0 Å². The molecule has 0 spiro atoms. The molecule has 2 fully saturated rings. The monoisotopic (exact) mass is 440 g/mol. The van der Waals surface area contributed by atoms with Gasteiger partial charge >= 0.3 is 0 Å². The van der Waals surface area contributed by atoms with Crippen molar-refractivity contribution in [1.82, 2.24) is 4.90 Å². The lowest BCUT2D eigenvalue weighted by Gasteiger charge is -2.40. The van der Waals surface area contributed by atoms with Crippen molar-refractivity contribution in [3.8, 4) is 0 Å². The van der Waals surface area contributed by atoms with Gasteiger partial charge in [0, 0.05) is 37.9 Å². The summed E-state index contributed by atoms with van der Waals surface area (Å²) in [6.45, 7) is 4.88. The second kappa shape index (κ2) is 7.44. The van der Waals surface area contributed by atoms with Gasteiger partial charge in [0.05, 0.1) is 16.8 Å². The first-order valence-corrected chi connectivity index (χ1v) is 13.5. The Bertz CT molecular complexity index is 1040. The van der Waals surface area contributed by atoms with Crippen LogP contribution in [0.2, 0.25) is 0 Å². The van der Waals surface area contributed by atoms with Crippen LogP contribution in [0.15, 0.2) is 46.0 Å². The first-order valence-electron chi connectivity index (χ1n) is 9.30.